The molecule has 0 N–H and O–H groups in total. The molecule has 5 nitrogen and oxygen atoms in total. The van der Waals surface area contributed by atoms with Crippen LogP contribution in [0.2, 0.25) is 0 Å². The van der Waals surface area contributed by atoms with E-state index in [2.05, 4.69) is 90.9 Å². The minimum absolute atomic E-state index is 0.0226. The van der Waals surface area contributed by atoms with Gasteiger partial charge in [0.25, 0.3) is 0 Å². The first-order chi connectivity index (χ1) is 25.1. The van der Waals surface area contributed by atoms with Gasteiger partial charge >= 0.3 is 0 Å². The first-order valence-corrected chi connectivity index (χ1v) is 17.0. The van der Waals surface area contributed by atoms with Gasteiger partial charge in [0.1, 0.15) is 17.6 Å². The summed E-state index contributed by atoms with van der Waals surface area (Å²) in [6, 6.07) is 37.9. The Hall–Kier alpha value is -6.77. The zero-order valence-corrected chi connectivity index (χ0v) is 27.9. The molecule has 0 radical (unpaired) electrons. The van der Waals surface area contributed by atoms with Crippen molar-refractivity contribution in [3.8, 4) is 57.6 Å². The summed E-state index contributed by atoms with van der Waals surface area (Å²) < 4.78 is 12.5. The highest BCUT2D eigenvalue weighted by atomic mass is 16.5. The van der Waals surface area contributed by atoms with Crippen molar-refractivity contribution in [2.45, 2.75) is 19.4 Å². The number of hydrogen-bond donors (Lipinski definition) is 0. The third-order valence-electron chi connectivity index (χ3n) is 9.47. The van der Waals surface area contributed by atoms with Crippen LogP contribution in [0.5, 0.6) is 0 Å². The number of allylic oxidation sites excluding steroid dienone is 4. The Bertz CT molecular complexity index is 2620. The lowest BCUT2D eigenvalue weighted by Gasteiger charge is -2.15. The summed E-state index contributed by atoms with van der Waals surface area (Å²) in [4.78, 5) is 15.0. The fourth-order valence-electron chi connectivity index (χ4n) is 7.10. The molecule has 5 heteroatoms. The summed E-state index contributed by atoms with van der Waals surface area (Å²) in [5, 5.41) is 4.66. The first kappa shape index (κ1) is 30.3. The molecular formula is C46H31N3O2. The number of aromatic nitrogens is 3. The summed E-state index contributed by atoms with van der Waals surface area (Å²) >= 11 is 0. The lowest BCUT2D eigenvalue weighted by atomic mass is 9.90. The van der Waals surface area contributed by atoms with E-state index in [4.69, 9.17) is 30.5 Å². The highest BCUT2D eigenvalue weighted by Crippen LogP contribution is 2.42. The second-order valence-corrected chi connectivity index (χ2v) is 12.7. The van der Waals surface area contributed by atoms with Crippen molar-refractivity contribution in [3.63, 3.8) is 0 Å². The molecule has 1 aliphatic heterocycles. The van der Waals surface area contributed by atoms with Crippen molar-refractivity contribution in [1.29, 1.82) is 0 Å². The van der Waals surface area contributed by atoms with Gasteiger partial charge in [-0.05, 0) is 93.7 Å². The Kier molecular flexibility index (Phi) is 7.48. The zero-order valence-electron chi connectivity index (χ0n) is 27.9. The van der Waals surface area contributed by atoms with Crippen LogP contribution in [-0.2, 0) is 11.2 Å². The predicted molar refractivity (Wildman–Crippen MR) is 206 cm³/mol. The van der Waals surface area contributed by atoms with Crippen LogP contribution in [0.3, 0.4) is 0 Å². The molecule has 0 amide bonds. The van der Waals surface area contributed by atoms with E-state index in [9.17, 15) is 0 Å². The van der Waals surface area contributed by atoms with Crippen molar-refractivity contribution < 1.29 is 9.15 Å². The van der Waals surface area contributed by atoms with Crippen LogP contribution in [0.1, 0.15) is 24.1 Å². The Balaban J connectivity index is 1.32. The lowest BCUT2D eigenvalue weighted by molar-refractivity contribution is 0.195. The fourth-order valence-corrected chi connectivity index (χ4v) is 7.10. The minimum atomic E-state index is 0.0226. The number of nitrogens with zero attached hydrogens (tertiary/aromatic N) is 3. The molecule has 1 atom stereocenters. The molecule has 2 aliphatic rings. The van der Waals surface area contributed by atoms with E-state index in [1.165, 1.54) is 10.8 Å². The third-order valence-corrected chi connectivity index (χ3v) is 9.47. The Morgan fingerprint density at radius 1 is 0.765 bits per heavy atom. The molecule has 1 aliphatic carbocycles. The standard InChI is InChI=1S/C46H31N3O2/c1-3-12-29(13-4-2)44-47-45(30-14-6-5-7-15-30)49-46(48-44)37-24-34(42-28-35-27-40-33(20-21-50-40)26-41(35)51-42)23-36(25-37)43-38-18-10-8-16-31(38)22-32-17-9-11-19-39(32)43/h1,4-26,28,40H,27H2,2H3/b13-4-,29-12+. The van der Waals surface area contributed by atoms with Gasteiger partial charge in [0.05, 0.1) is 6.26 Å². The van der Waals surface area contributed by atoms with Crippen molar-refractivity contribution in [2.75, 3.05) is 0 Å². The maximum absolute atomic E-state index is 6.62. The number of rotatable bonds is 6. The molecule has 2 aromatic heterocycles. The largest absolute Gasteiger partial charge is 0.493 e. The number of benzene rings is 5. The van der Waals surface area contributed by atoms with Crippen molar-refractivity contribution in [1.82, 2.24) is 15.0 Å². The van der Waals surface area contributed by atoms with E-state index < -0.39 is 0 Å². The molecule has 1 unspecified atom stereocenters. The van der Waals surface area contributed by atoms with Gasteiger partial charge in [-0.2, -0.15) is 0 Å². The summed E-state index contributed by atoms with van der Waals surface area (Å²) in [6.07, 6.45) is 18.0. The monoisotopic (exact) mass is 657 g/mol. The number of hydrogen-bond acceptors (Lipinski definition) is 5. The van der Waals surface area contributed by atoms with Crippen LogP contribution in [-0.4, -0.2) is 21.1 Å². The molecule has 0 saturated heterocycles. The van der Waals surface area contributed by atoms with Crippen LogP contribution >= 0.6 is 0 Å². The summed E-state index contributed by atoms with van der Waals surface area (Å²) in [5.74, 6) is 5.88. The predicted octanol–water partition coefficient (Wildman–Crippen LogP) is 10.9. The Labute approximate surface area is 296 Å². The maximum Gasteiger partial charge on any atom is 0.164 e. The van der Waals surface area contributed by atoms with E-state index >= 15 is 0 Å². The molecule has 0 fully saturated rings. The van der Waals surface area contributed by atoms with Crippen LogP contribution in [0.4, 0.5) is 0 Å². The van der Waals surface area contributed by atoms with Gasteiger partial charge in [-0.3, -0.25) is 0 Å². The molecule has 5 aromatic carbocycles. The fraction of sp³-hybridized carbons (Fsp3) is 0.0652. The minimum Gasteiger partial charge on any atom is -0.493 e. The van der Waals surface area contributed by atoms with E-state index in [-0.39, 0.29) is 6.10 Å². The number of terminal acetylenes is 1. The van der Waals surface area contributed by atoms with Crippen LogP contribution < -0.4 is 0 Å². The quantitative estimate of drug-likeness (QED) is 0.101. The summed E-state index contributed by atoms with van der Waals surface area (Å²) in [6.45, 7) is 1.95. The van der Waals surface area contributed by atoms with E-state index in [1.54, 1.807) is 12.3 Å². The molecule has 9 rings (SSSR count). The van der Waals surface area contributed by atoms with E-state index in [0.717, 1.165) is 73.2 Å². The van der Waals surface area contributed by atoms with Crippen LogP contribution in [0, 0.1) is 12.3 Å². The van der Waals surface area contributed by atoms with Crippen LogP contribution in [0.15, 0.2) is 150 Å². The SMILES string of the molecule is C#C/C=C(\C=C/C)c1nc(-c2ccccc2)nc(-c2cc(-c3cc4c(o3)C=C3C=COC3C4)cc(-c3c4ccccc4cc4ccccc34)c2)n1. The van der Waals surface area contributed by atoms with Crippen LogP contribution in [0.25, 0.3) is 78.4 Å². The molecule has 0 saturated carbocycles. The molecule has 3 heterocycles. The second kappa shape index (κ2) is 12.6. The lowest BCUT2D eigenvalue weighted by Crippen LogP contribution is -2.14. The number of ether oxygens (including phenoxy) is 1. The van der Waals surface area contributed by atoms with Gasteiger partial charge in [0, 0.05) is 34.2 Å². The smallest absolute Gasteiger partial charge is 0.164 e. The number of fused-ring (bicyclic) bond motifs is 4. The van der Waals surface area contributed by atoms with Crippen molar-refractivity contribution in [2.24, 2.45) is 0 Å². The highest BCUT2D eigenvalue weighted by Gasteiger charge is 2.27. The highest BCUT2D eigenvalue weighted by molar-refractivity contribution is 6.13. The Morgan fingerprint density at radius 3 is 2.20 bits per heavy atom. The Morgan fingerprint density at radius 2 is 1.45 bits per heavy atom. The average molecular weight is 658 g/mol. The second-order valence-electron chi connectivity index (χ2n) is 12.7. The molecule has 0 bridgehead atoms. The summed E-state index contributed by atoms with van der Waals surface area (Å²) in [7, 11) is 0. The molecule has 51 heavy (non-hydrogen) atoms. The van der Waals surface area contributed by atoms with Crippen molar-refractivity contribution >= 4 is 33.2 Å². The van der Waals surface area contributed by atoms with Gasteiger partial charge in [0.2, 0.25) is 0 Å². The molecule has 7 aromatic rings. The van der Waals surface area contributed by atoms with E-state index in [0.29, 0.717) is 17.5 Å². The molecule has 0 spiro atoms. The van der Waals surface area contributed by atoms with Crippen molar-refractivity contribution in [3.05, 3.63) is 162 Å². The van der Waals surface area contributed by atoms with Gasteiger partial charge in [0.15, 0.2) is 17.5 Å². The maximum atomic E-state index is 6.62. The molecule has 242 valence electrons. The zero-order chi connectivity index (χ0) is 34.3. The first-order valence-electron chi connectivity index (χ1n) is 17.0. The molecular weight excluding hydrogens is 627 g/mol. The topological polar surface area (TPSA) is 61.0 Å². The summed E-state index contributed by atoms with van der Waals surface area (Å²) in [5.41, 5.74) is 7.78. The van der Waals surface area contributed by atoms with Gasteiger partial charge in [-0.25, -0.2) is 15.0 Å². The normalized spacial score (nSPS) is 15.1. The third kappa shape index (κ3) is 5.53. The average Bonchev–Trinajstić information content (AvgIpc) is 3.82. The van der Waals surface area contributed by atoms with Gasteiger partial charge in [-0.1, -0.05) is 96.9 Å². The van der Waals surface area contributed by atoms with Gasteiger partial charge in [-0.15, -0.1) is 6.42 Å². The number of furan rings is 1. The van der Waals surface area contributed by atoms with E-state index in [1.807, 2.05) is 55.5 Å². The van der Waals surface area contributed by atoms with Gasteiger partial charge < -0.3 is 9.15 Å².